The third kappa shape index (κ3) is 15.9. The summed E-state index contributed by atoms with van der Waals surface area (Å²) < 4.78 is 72.2. The second kappa shape index (κ2) is 26.2. The lowest BCUT2D eigenvalue weighted by molar-refractivity contribution is -0.372. The van der Waals surface area contributed by atoms with Crippen molar-refractivity contribution in [1.82, 2.24) is 0 Å². The molecule has 1 N–H and O–H groups in total. The molecule has 0 radical (unpaired) electrons. The number of allylic oxidation sites excluding steroid dienone is 2. The minimum Gasteiger partial charge on any atom is -0.497 e. The predicted molar refractivity (Wildman–Crippen MR) is 282 cm³/mol. The van der Waals surface area contributed by atoms with E-state index in [9.17, 15) is 5.11 Å². The maximum Gasteiger partial charge on any atom is 0.202 e. The highest BCUT2D eigenvalue weighted by molar-refractivity contribution is 14.1. The molecule has 67 heavy (non-hydrogen) atoms. The van der Waals surface area contributed by atoms with Gasteiger partial charge in [0.25, 0.3) is 0 Å². The van der Waals surface area contributed by atoms with E-state index in [-0.39, 0.29) is 47.3 Å². The van der Waals surface area contributed by atoms with E-state index >= 15 is 0 Å². The van der Waals surface area contributed by atoms with Crippen molar-refractivity contribution in [2.75, 3.05) is 49.3 Å². The molecule has 10 atom stereocenters. The van der Waals surface area contributed by atoms with Crippen LogP contribution in [-0.4, -0.2) is 120 Å². The summed E-state index contributed by atoms with van der Waals surface area (Å²) in [4.78, 5) is 0. The van der Waals surface area contributed by atoms with Crippen molar-refractivity contribution in [3.63, 3.8) is 0 Å². The lowest BCUT2D eigenvalue weighted by Crippen LogP contribution is -2.68. The normalized spacial score (nSPS) is 23.3. The molecular formula is C52H89IO12Si2. The summed E-state index contributed by atoms with van der Waals surface area (Å²) in [5, 5.41) is 13.2. The first-order valence-corrected chi connectivity index (χ1v) is 30.8. The van der Waals surface area contributed by atoms with E-state index < -0.39 is 52.8 Å². The molecule has 1 heterocycles. The van der Waals surface area contributed by atoms with Gasteiger partial charge in [-0.1, -0.05) is 79.7 Å². The molecule has 2 aromatic rings. The van der Waals surface area contributed by atoms with Crippen molar-refractivity contribution < 1.29 is 56.6 Å². The molecule has 1 aliphatic heterocycles. The summed E-state index contributed by atoms with van der Waals surface area (Å²) in [7, 11) is 5.19. The van der Waals surface area contributed by atoms with Gasteiger partial charge in [0.2, 0.25) is 5.79 Å². The van der Waals surface area contributed by atoms with Crippen LogP contribution < -0.4 is 14.2 Å². The van der Waals surface area contributed by atoms with Crippen molar-refractivity contribution in [2.24, 2.45) is 11.8 Å². The maximum absolute atomic E-state index is 13.3. The fourth-order valence-corrected chi connectivity index (χ4v) is 11.4. The lowest BCUT2D eigenvalue weighted by Gasteiger charge is -2.56. The molecule has 1 fully saturated rings. The van der Waals surface area contributed by atoms with Crippen LogP contribution in [0.25, 0.3) is 0 Å². The van der Waals surface area contributed by atoms with Gasteiger partial charge in [0.15, 0.2) is 28.1 Å². The number of hydrogen-bond acceptors (Lipinski definition) is 12. The molecule has 0 saturated carbocycles. The Bertz CT molecular complexity index is 1800. The van der Waals surface area contributed by atoms with Gasteiger partial charge in [-0.2, -0.15) is 0 Å². The maximum atomic E-state index is 13.3. The zero-order valence-electron chi connectivity index (χ0n) is 44.6. The van der Waals surface area contributed by atoms with Gasteiger partial charge in [0.1, 0.15) is 11.9 Å². The number of halogens is 1. The summed E-state index contributed by atoms with van der Waals surface area (Å²) in [6.45, 7) is 29.7. The smallest absolute Gasteiger partial charge is 0.202 e. The Morgan fingerprint density at radius 3 is 1.91 bits per heavy atom. The zero-order chi connectivity index (χ0) is 50.5. The molecule has 1 saturated heterocycles. The average Bonchev–Trinajstić information content (AvgIpc) is 3.28. The number of aliphatic hydroxyl groups excluding tert-OH is 1. The molecule has 2 aromatic carbocycles. The van der Waals surface area contributed by atoms with Crippen LogP contribution in [0.2, 0.25) is 36.3 Å². The summed E-state index contributed by atoms with van der Waals surface area (Å²) >= 11 is 2.40. The number of aliphatic hydroxyl groups is 1. The highest BCUT2D eigenvalue weighted by Crippen LogP contribution is 2.49. The van der Waals surface area contributed by atoms with Crippen molar-refractivity contribution in [3.05, 3.63) is 63.2 Å². The Morgan fingerprint density at radius 2 is 1.39 bits per heavy atom. The van der Waals surface area contributed by atoms with E-state index in [1.54, 1.807) is 42.7 Å². The van der Waals surface area contributed by atoms with Crippen molar-refractivity contribution in [3.8, 4) is 17.2 Å². The molecule has 12 nitrogen and oxygen atoms in total. The van der Waals surface area contributed by atoms with E-state index in [4.69, 9.17) is 51.5 Å². The van der Waals surface area contributed by atoms with Crippen LogP contribution in [0.1, 0.15) is 99.1 Å². The van der Waals surface area contributed by atoms with Gasteiger partial charge in [0.05, 0.1) is 77.8 Å². The highest BCUT2D eigenvalue weighted by atomic mass is 127. The Kier molecular flexibility index (Phi) is 23.3. The summed E-state index contributed by atoms with van der Waals surface area (Å²) in [6.07, 6.45) is 0.303. The molecule has 0 aromatic heterocycles. The zero-order valence-corrected chi connectivity index (χ0v) is 48.7. The van der Waals surface area contributed by atoms with Crippen LogP contribution in [0, 0.1) is 11.8 Å². The molecule has 0 aliphatic carbocycles. The van der Waals surface area contributed by atoms with E-state index in [2.05, 4.69) is 117 Å². The van der Waals surface area contributed by atoms with Gasteiger partial charge in [-0.05, 0) is 118 Å². The monoisotopic (exact) mass is 1090 g/mol. The topological polar surface area (TPSA) is 122 Å². The summed E-state index contributed by atoms with van der Waals surface area (Å²) in [6, 6.07) is 13.5. The fraction of sp³-hybridized carbons (Fsp3) is 0.731. The minimum atomic E-state index is -2.40. The predicted octanol–water partition coefficient (Wildman–Crippen LogP) is 11.9. The summed E-state index contributed by atoms with van der Waals surface area (Å²) in [5.41, 5.74) is 1.85. The van der Waals surface area contributed by atoms with Gasteiger partial charge in [0, 0.05) is 46.0 Å². The fourth-order valence-electron chi connectivity index (χ4n) is 8.25. The molecule has 3 rings (SSSR count). The minimum absolute atomic E-state index is 0.0461. The molecule has 0 unspecified atom stereocenters. The van der Waals surface area contributed by atoms with Crippen molar-refractivity contribution in [1.29, 1.82) is 0 Å². The van der Waals surface area contributed by atoms with Crippen LogP contribution in [-0.2, 0) is 50.5 Å². The van der Waals surface area contributed by atoms with Crippen LogP contribution in [0.4, 0.5) is 0 Å². The molecule has 0 bridgehead atoms. The molecule has 384 valence electrons. The first kappa shape index (κ1) is 59.7. The quantitative estimate of drug-likeness (QED) is 0.0677. The molecule has 0 amide bonds. The Hall–Kier alpha value is -1.62. The van der Waals surface area contributed by atoms with Gasteiger partial charge in [-0.25, -0.2) is 0 Å². The largest absolute Gasteiger partial charge is 0.497 e. The van der Waals surface area contributed by atoms with E-state index in [0.717, 1.165) is 29.7 Å². The van der Waals surface area contributed by atoms with Crippen molar-refractivity contribution in [2.45, 2.75) is 186 Å². The van der Waals surface area contributed by atoms with Crippen LogP contribution in [0.5, 0.6) is 17.2 Å². The highest BCUT2D eigenvalue weighted by Gasteiger charge is 2.60. The summed E-state index contributed by atoms with van der Waals surface area (Å²) in [5.74, 6) is -0.177. The third-order valence-electron chi connectivity index (χ3n) is 14.7. The van der Waals surface area contributed by atoms with Crippen LogP contribution >= 0.6 is 22.6 Å². The Balaban J connectivity index is 2.21. The van der Waals surface area contributed by atoms with Crippen molar-refractivity contribution >= 4 is 39.2 Å². The third-order valence-corrected chi connectivity index (χ3v) is 24.8. The Labute approximate surface area is 421 Å². The number of benzene rings is 2. The van der Waals surface area contributed by atoms with Gasteiger partial charge < -0.3 is 56.6 Å². The number of methoxy groups -OCH3 is 6. The first-order chi connectivity index (χ1) is 31.3. The van der Waals surface area contributed by atoms with Gasteiger partial charge in [-0.15, -0.1) is 0 Å². The number of hydrogen-bond donors (Lipinski definition) is 1. The number of ether oxygens (including phenoxy) is 9. The molecule has 0 spiro atoms. The van der Waals surface area contributed by atoms with Crippen LogP contribution in [0.15, 0.2) is 52.1 Å². The standard InChI is InChI=1S/C52H89IO12Si2/c1-20-39(53)24-28-43(64-66(16,17)50(4,5)6)46(59-14)31-47(62-33-38-23-27-42(57-12)45(29-38)58-13)49(54)52(60-15)36(3)48(65-67(18,19)51(7,8)9)35(2)44(63-52)30-41(34-55-10)61-32-37-21-25-40(56-11)26-22-37/h20-23,25-27,29,35-36,41,43-44,46-49,54H,24,28,30-34H2,1-19H3/b39-20+/t35-,36+,41+,43-,44+,46-,47-,48-,49+,52+/m0/s1. The molecule has 1 aliphatic rings. The first-order valence-electron chi connectivity index (χ1n) is 23.9. The van der Waals surface area contributed by atoms with E-state index in [1.165, 1.54) is 3.58 Å². The average molecular weight is 1090 g/mol. The van der Waals surface area contributed by atoms with Gasteiger partial charge in [-0.3, -0.25) is 0 Å². The molecule has 15 heteroatoms. The lowest BCUT2D eigenvalue weighted by atomic mass is 9.76. The second-order valence-electron chi connectivity index (χ2n) is 21.2. The Morgan fingerprint density at radius 1 is 0.791 bits per heavy atom. The second-order valence-corrected chi connectivity index (χ2v) is 32.1. The van der Waals surface area contributed by atoms with E-state index in [1.807, 2.05) is 42.5 Å². The van der Waals surface area contributed by atoms with Gasteiger partial charge >= 0.3 is 0 Å². The van der Waals surface area contributed by atoms with E-state index in [0.29, 0.717) is 31.1 Å². The van der Waals surface area contributed by atoms with Crippen LogP contribution in [0.3, 0.4) is 0 Å². The number of rotatable bonds is 27. The molecular weight excluding hydrogens is 1000 g/mol. The SMILES string of the molecule is C/C=C(/I)CC[C@H](O[Si](C)(C)C(C)(C)C)[C@H](C[C@H](OCc1ccc(OC)c(OC)c1)[C@@H](O)[C@]1(OC)O[C@H](C[C@H](COC)OCc2ccc(OC)cc2)[C@H](C)[C@H](O[Si](C)(C)C(C)(C)C)[C@H]1C)OC.